The summed E-state index contributed by atoms with van der Waals surface area (Å²) in [5.74, 6) is -2.86. The van der Waals surface area contributed by atoms with Crippen LogP contribution in [0.4, 0.5) is 0 Å². The molecule has 0 amide bonds. The Morgan fingerprint density at radius 2 is 1.36 bits per heavy atom. The fraction of sp³-hybridized carbons (Fsp3) is 1.00. The normalized spacial score (nSPS) is 12.0. The van der Waals surface area contributed by atoms with E-state index in [0.29, 0.717) is 0 Å². The summed E-state index contributed by atoms with van der Waals surface area (Å²) in [4.78, 5) is 0.734. The zero-order valence-electron chi connectivity index (χ0n) is 7.54. The third-order valence-electron chi connectivity index (χ3n) is 1.55. The first-order chi connectivity index (χ1) is 5.96. The summed E-state index contributed by atoms with van der Waals surface area (Å²) in [5.41, 5.74) is 0. The standard InChI is InChI=1S/C6H15NO6.Ti/c8-3-1-7(2-4-9)6(12,13)5(10)11;/h5,8-13H,1-4H2;. The summed E-state index contributed by atoms with van der Waals surface area (Å²) < 4.78 is 0. The van der Waals surface area contributed by atoms with E-state index in [1.54, 1.807) is 0 Å². The Bertz CT molecular complexity index is 138. The van der Waals surface area contributed by atoms with Crippen molar-refractivity contribution in [3.05, 3.63) is 0 Å². The molecule has 0 bridgehead atoms. The molecule has 0 atom stereocenters. The Kier molecular flexibility index (Phi) is 9.26. The van der Waals surface area contributed by atoms with E-state index in [1.807, 2.05) is 0 Å². The second-order valence-corrected chi connectivity index (χ2v) is 2.50. The number of nitrogens with zero attached hydrogens (tertiary/aromatic N) is 1. The van der Waals surface area contributed by atoms with Gasteiger partial charge in [-0.05, 0) is 0 Å². The molecule has 0 aromatic heterocycles. The van der Waals surface area contributed by atoms with Gasteiger partial charge in [0.1, 0.15) is 0 Å². The van der Waals surface area contributed by atoms with E-state index in [-0.39, 0.29) is 34.8 Å². The number of hydrogen-bond acceptors (Lipinski definition) is 7. The first-order valence-electron chi connectivity index (χ1n) is 3.74. The molecule has 0 aliphatic rings. The zero-order chi connectivity index (χ0) is 10.5. The molecule has 0 saturated carbocycles. The van der Waals surface area contributed by atoms with Gasteiger partial charge in [-0.3, -0.25) is 0 Å². The van der Waals surface area contributed by atoms with Gasteiger partial charge >= 0.3 is 0 Å². The molecule has 8 heteroatoms. The van der Waals surface area contributed by atoms with Crippen LogP contribution in [-0.2, 0) is 21.7 Å². The van der Waals surface area contributed by atoms with Crippen molar-refractivity contribution in [2.75, 3.05) is 26.3 Å². The molecule has 0 aliphatic heterocycles. The van der Waals surface area contributed by atoms with E-state index >= 15 is 0 Å². The monoisotopic (exact) mass is 245 g/mol. The maximum atomic E-state index is 9.07. The van der Waals surface area contributed by atoms with Crippen molar-refractivity contribution in [1.29, 1.82) is 0 Å². The quantitative estimate of drug-likeness (QED) is 0.209. The molecular formula is C6H15NO6Ti. The van der Waals surface area contributed by atoms with Crippen LogP contribution in [0.3, 0.4) is 0 Å². The maximum Gasteiger partial charge on any atom is 0.278 e. The van der Waals surface area contributed by atoms with Gasteiger partial charge in [-0.2, -0.15) is 0 Å². The average Bonchev–Trinajstić information content (AvgIpc) is 2.03. The first-order valence-corrected chi connectivity index (χ1v) is 3.74. The molecule has 7 nitrogen and oxygen atoms in total. The third-order valence-corrected chi connectivity index (χ3v) is 1.55. The molecule has 0 aromatic carbocycles. The second kappa shape index (κ2) is 7.69. The molecule has 0 rings (SSSR count). The van der Waals surface area contributed by atoms with E-state index in [9.17, 15) is 0 Å². The van der Waals surface area contributed by atoms with Crippen LogP contribution >= 0.6 is 0 Å². The van der Waals surface area contributed by atoms with E-state index in [1.165, 1.54) is 0 Å². The molecular weight excluding hydrogens is 230 g/mol. The predicted molar refractivity (Wildman–Crippen MR) is 41.1 cm³/mol. The summed E-state index contributed by atoms with van der Waals surface area (Å²) in [6, 6.07) is 0. The van der Waals surface area contributed by atoms with E-state index < -0.39 is 25.4 Å². The summed E-state index contributed by atoms with van der Waals surface area (Å²) in [6.45, 7) is -1.17. The largest absolute Gasteiger partial charge is 0.395 e. The SMILES string of the molecule is OCCN(CCO)C(O)(O)C(O)O.[Ti]. The van der Waals surface area contributed by atoms with Crippen LogP contribution in [0.2, 0.25) is 0 Å². The molecule has 0 aliphatic carbocycles. The number of aliphatic hydroxyl groups is 6. The van der Waals surface area contributed by atoms with Crippen molar-refractivity contribution in [2.24, 2.45) is 0 Å². The minimum Gasteiger partial charge on any atom is -0.395 e. The molecule has 0 heterocycles. The summed E-state index contributed by atoms with van der Waals surface area (Å²) in [7, 11) is 0. The summed E-state index contributed by atoms with van der Waals surface area (Å²) in [6.07, 6.45) is -2.38. The second-order valence-electron chi connectivity index (χ2n) is 2.50. The molecule has 0 aromatic rings. The molecule has 0 unspecified atom stereocenters. The van der Waals surface area contributed by atoms with Crippen molar-refractivity contribution in [3.63, 3.8) is 0 Å². The Labute approximate surface area is 96.1 Å². The fourth-order valence-electron chi connectivity index (χ4n) is 0.846. The minimum absolute atomic E-state index is 0. The van der Waals surface area contributed by atoms with Crippen LogP contribution in [0.25, 0.3) is 0 Å². The Balaban J connectivity index is 0. The molecule has 0 saturated heterocycles. The van der Waals surface area contributed by atoms with Crippen LogP contribution in [0, 0.1) is 0 Å². The van der Waals surface area contributed by atoms with Gasteiger partial charge < -0.3 is 30.6 Å². The zero-order valence-corrected chi connectivity index (χ0v) is 9.10. The topological polar surface area (TPSA) is 125 Å². The molecule has 14 heavy (non-hydrogen) atoms. The van der Waals surface area contributed by atoms with Crippen molar-refractivity contribution >= 4 is 0 Å². The van der Waals surface area contributed by atoms with Gasteiger partial charge in [-0.1, -0.05) is 0 Å². The van der Waals surface area contributed by atoms with Gasteiger partial charge in [0, 0.05) is 34.8 Å². The van der Waals surface area contributed by atoms with Crippen molar-refractivity contribution in [1.82, 2.24) is 4.90 Å². The molecule has 84 valence electrons. The van der Waals surface area contributed by atoms with E-state index in [4.69, 9.17) is 30.6 Å². The Morgan fingerprint density at radius 3 is 1.57 bits per heavy atom. The smallest absolute Gasteiger partial charge is 0.278 e. The summed E-state index contributed by atoms with van der Waals surface area (Å²) in [5, 5.41) is 52.3. The van der Waals surface area contributed by atoms with Gasteiger partial charge in [-0.15, -0.1) is 0 Å². The average molecular weight is 245 g/mol. The first kappa shape index (κ1) is 16.8. The Morgan fingerprint density at radius 1 is 1.00 bits per heavy atom. The number of rotatable bonds is 6. The molecule has 0 fully saturated rings. The predicted octanol–water partition coefficient (Wildman–Crippen LogP) is -3.78. The van der Waals surface area contributed by atoms with E-state index in [0.717, 1.165) is 4.90 Å². The summed E-state index contributed by atoms with van der Waals surface area (Å²) >= 11 is 0. The van der Waals surface area contributed by atoms with Gasteiger partial charge in [0.15, 0.2) is 0 Å². The van der Waals surface area contributed by atoms with E-state index in [2.05, 4.69) is 0 Å². The number of aliphatic hydroxyl groups excluding tert-OH is 3. The van der Waals surface area contributed by atoms with Gasteiger partial charge in [0.05, 0.1) is 13.2 Å². The fourth-order valence-corrected chi connectivity index (χ4v) is 0.846. The number of hydrogen-bond donors (Lipinski definition) is 6. The van der Waals surface area contributed by atoms with Crippen LogP contribution in [0.5, 0.6) is 0 Å². The van der Waals surface area contributed by atoms with Crippen LogP contribution in [0.15, 0.2) is 0 Å². The van der Waals surface area contributed by atoms with Gasteiger partial charge in [0.2, 0.25) is 6.29 Å². The Hall–Kier alpha value is 0.434. The van der Waals surface area contributed by atoms with Crippen molar-refractivity contribution < 1.29 is 52.4 Å². The van der Waals surface area contributed by atoms with Gasteiger partial charge in [-0.25, -0.2) is 4.90 Å². The molecule has 6 N–H and O–H groups in total. The van der Waals surface area contributed by atoms with Crippen LogP contribution in [0.1, 0.15) is 0 Å². The molecule has 0 radical (unpaired) electrons. The van der Waals surface area contributed by atoms with Crippen LogP contribution < -0.4 is 0 Å². The minimum atomic E-state index is -2.86. The van der Waals surface area contributed by atoms with Crippen molar-refractivity contribution in [2.45, 2.75) is 12.2 Å². The maximum absolute atomic E-state index is 9.07. The van der Waals surface area contributed by atoms with Crippen LogP contribution in [-0.4, -0.2) is 74.0 Å². The third kappa shape index (κ3) is 4.78. The van der Waals surface area contributed by atoms with Crippen molar-refractivity contribution in [3.8, 4) is 0 Å². The molecule has 0 spiro atoms. The van der Waals surface area contributed by atoms with Gasteiger partial charge in [0.25, 0.3) is 5.91 Å².